The molecule has 1 aliphatic carbocycles. The Balaban J connectivity index is 1.63. The third-order valence-electron chi connectivity index (χ3n) is 5.15. The van der Waals surface area contributed by atoms with Crippen molar-refractivity contribution < 1.29 is 23.7 Å². The smallest absolute Gasteiger partial charge is 0.220 e. The Labute approximate surface area is 165 Å². The average Bonchev–Trinajstić information content (AvgIpc) is 3.12. The van der Waals surface area contributed by atoms with Crippen LogP contribution in [0, 0.1) is 0 Å². The summed E-state index contributed by atoms with van der Waals surface area (Å²) in [6.07, 6.45) is 2.84. The largest absolute Gasteiger partial charge is 0.493 e. The number of fused-ring (bicyclic) bond motifs is 1. The lowest BCUT2D eigenvalue weighted by Crippen LogP contribution is -2.27. The molecule has 150 valence electrons. The Kier molecular flexibility index (Phi) is 6.29. The van der Waals surface area contributed by atoms with Crippen molar-refractivity contribution in [1.82, 2.24) is 5.32 Å². The van der Waals surface area contributed by atoms with E-state index in [1.54, 1.807) is 28.4 Å². The fraction of sp³-hybridized carbons (Fsp3) is 0.409. The topological polar surface area (TPSA) is 66.0 Å². The predicted molar refractivity (Wildman–Crippen MR) is 107 cm³/mol. The van der Waals surface area contributed by atoms with Gasteiger partial charge in [-0.1, -0.05) is 6.07 Å². The number of hydrogen-bond donors (Lipinski definition) is 1. The number of hydrogen-bond acceptors (Lipinski definition) is 5. The van der Waals surface area contributed by atoms with Gasteiger partial charge in [0.05, 0.1) is 34.5 Å². The first-order valence-electron chi connectivity index (χ1n) is 9.34. The van der Waals surface area contributed by atoms with Crippen LogP contribution in [0.1, 0.15) is 35.6 Å². The zero-order valence-electron chi connectivity index (χ0n) is 16.8. The Morgan fingerprint density at radius 2 is 1.57 bits per heavy atom. The molecule has 0 heterocycles. The van der Waals surface area contributed by atoms with Gasteiger partial charge in [0.25, 0.3) is 0 Å². The highest BCUT2D eigenvalue weighted by molar-refractivity contribution is 5.77. The molecule has 1 unspecified atom stereocenters. The Morgan fingerprint density at radius 1 is 0.929 bits per heavy atom. The fourth-order valence-corrected chi connectivity index (χ4v) is 3.64. The van der Waals surface area contributed by atoms with Gasteiger partial charge in [-0.05, 0) is 60.2 Å². The lowest BCUT2D eigenvalue weighted by Gasteiger charge is -2.16. The summed E-state index contributed by atoms with van der Waals surface area (Å²) in [4.78, 5) is 12.5. The van der Waals surface area contributed by atoms with Crippen molar-refractivity contribution in [1.29, 1.82) is 0 Å². The molecule has 1 amide bonds. The molecule has 3 rings (SSSR count). The number of ether oxygens (including phenoxy) is 4. The molecule has 1 atom stereocenters. The quantitative estimate of drug-likeness (QED) is 0.754. The van der Waals surface area contributed by atoms with Gasteiger partial charge in [0.15, 0.2) is 23.0 Å². The molecule has 1 N–H and O–H groups in total. The minimum atomic E-state index is 0.00714. The number of benzene rings is 2. The van der Waals surface area contributed by atoms with Crippen LogP contribution in [0.4, 0.5) is 0 Å². The zero-order chi connectivity index (χ0) is 20.1. The molecule has 0 spiro atoms. The maximum Gasteiger partial charge on any atom is 0.220 e. The van der Waals surface area contributed by atoms with Crippen LogP contribution in [0.5, 0.6) is 23.0 Å². The molecule has 2 aromatic rings. The second kappa shape index (κ2) is 8.87. The summed E-state index contributed by atoms with van der Waals surface area (Å²) >= 11 is 0. The second-order valence-electron chi connectivity index (χ2n) is 6.75. The highest BCUT2D eigenvalue weighted by Crippen LogP contribution is 2.39. The van der Waals surface area contributed by atoms with Crippen LogP contribution in [0.15, 0.2) is 30.3 Å². The Hall–Kier alpha value is -2.89. The van der Waals surface area contributed by atoms with Crippen LogP contribution in [0.3, 0.4) is 0 Å². The predicted octanol–water partition coefficient (Wildman–Crippen LogP) is 3.46. The first-order chi connectivity index (χ1) is 13.6. The number of methoxy groups -OCH3 is 4. The third-order valence-corrected chi connectivity index (χ3v) is 5.15. The van der Waals surface area contributed by atoms with Crippen LogP contribution >= 0.6 is 0 Å². The van der Waals surface area contributed by atoms with E-state index in [4.69, 9.17) is 18.9 Å². The highest BCUT2D eigenvalue weighted by atomic mass is 16.5. The maximum absolute atomic E-state index is 12.5. The van der Waals surface area contributed by atoms with Crippen LogP contribution in [0.2, 0.25) is 0 Å². The number of amides is 1. The summed E-state index contributed by atoms with van der Waals surface area (Å²) < 4.78 is 21.3. The van der Waals surface area contributed by atoms with Crippen LogP contribution in [-0.4, -0.2) is 34.3 Å². The standard InChI is InChI=1S/C22H27NO5/c1-25-18-9-5-14(11-19(18)26-2)6-10-22(24)23-17-8-7-15-12-20(27-3)21(28-4)13-16(15)17/h5,9,11-13,17H,6-8,10H2,1-4H3,(H,23,24). The van der Waals surface area contributed by atoms with Crippen LogP contribution in [0.25, 0.3) is 0 Å². The number of nitrogens with one attached hydrogen (secondary N) is 1. The molecule has 0 bridgehead atoms. The summed E-state index contributed by atoms with van der Waals surface area (Å²) in [5, 5.41) is 3.15. The number of rotatable bonds is 8. The molecule has 0 aliphatic heterocycles. The molecular formula is C22H27NO5. The molecule has 6 heteroatoms. The van der Waals surface area contributed by atoms with Gasteiger partial charge in [-0.15, -0.1) is 0 Å². The maximum atomic E-state index is 12.5. The van der Waals surface area contributed by atoms with Crippen molar-refractivity contribution in [3.05, 3.63) is 47.0 Å². The zero-order valence-corrected chi connectivity index (χ0v) is 16.8. The van der Waals surface area contributed by atoms with E-state index in [1.807, 2.05) is 30.3 Å². The SMILES string of the molecule is COc1ccc(CCC(=O)NC2CCc3cc(OC)c(OC)cc32)cc1OC. The summed E-state index contributed by atoms with van der Waals surface area (Å²) in [6.45, 7) is 0. The Bertz CT molecular complexity index is 849. The molecular weight excluding hydrogens is 358 g/mol. The van der Waals surface area contributed by atoms with Gasteiger partial charge in [0.1, 0.15) is 0 Å². The number of carbonyl (C=O) groups is 1. The summed E-state index contributed by atoms with van der Waals surface area (Å²) in [6, 6.07) is 9.71. The molecule has 6 nitrogen and oxygen atoms in total. The van der Waals surface area contributed by atoms with Crippen molar-refractivity contribution >= 4 is 5.91 Å². The molecule has 2 aromatic carbocycles. The van der Waals surface area contributed by atoms with E-state index in [0.717, 1.165) is 29.7 Å². The van der Waals surface area contributed by atoms with Crippen LogP contribution < -0.4 is 24.3 Å². The number of carbonyl (C=O) groups excluding carboxylic acids is 1. The van der Waals surface area contributed by atoms with Crippen LogP contribution in [-0.2, 0) is 17.6 Å². The van der Waals surface area contributed by atoms with E-state index in [1.165, 1.54) is 5.56 Å². The van der Waals surface area contributed by atoms with E-state index in [0.29, 0.717) is 30.1 Å². The minimum Gasteiger partial charge on any atom is -0.493 e. The third kappa shape index (κ3) is 4.16. The van der Waals surface area contributed by atoms with Gasteiger partial charge in [-0.25, -0.2) is 0 Å². The molecule has 0 aromatic heterocycles. The van der Waals surface area contributed by atoms with Gasteiger partial charge in [0, 0.05) is 6.42 Å². The van der Waals surface area contributed by atoms with Gasteiger partial charge in [-0.2, -0.15) is 0 Å². The first-order valence-corrected chi connectivity index (χ1v) is 9.34. The first kappa shape index (κ1) is 19.9. The van der Waals surface area contributed by atoms with Crippen molar-refractivity contribution in [2.45, 2.75) is 31.7 Å². The van der Waals surface area contributed by atoms with Crippen molar-refractivity contribution in [3.63, 3.8) is 0 Å². The molecule has 1 aliphatic rings. The van der Waals surface area contributed by atoms with Gasteiger partial charge in [0.2, 0.25) is 5.91 Å². The van der Waals surface area contributed by atoms with Crippen molar-refractivity contribution in [2.24, 2.45) is 0 Å². The highest BCUT2D eigenvalue weighted by Gasteiger charge is 2.26. The van der Waals surface area contributed by atoms with E-state index in [2.05, 4.69) is 5.32 Å². The monoisotopic (exact) mass is 385 g/mol. The van der Waals surface area contributed by atoms with E-state index in [9.17, 15) is 4.79 Å². The van der Waals surface area contributed by atoms with Gasteiger partial charge in [-0.3, -0.25) is 4.79 Å². The average molecular weight is 385 g/mol. The summed E-state index contributed by atoms with van der Waals surface area (Å²) in [5.41, 5.74) is 3.34. The Morgan fingerprint density at radius 3 is 2.25 bits per heavy atom. The minimum absolute atomic E-state index is 0.00714. The van der Waals surface area contributed by atoms with Gasteiger partial charge >= 0.3 is 0 Å². The van der Waals surface area contributed by atoms with Crippen molar-refractivity contribution in [3.8, 4) is 23.0 Å². The van der Waals surface area contributed by atoms with E-state index < -0.39 is 0 Å². The lowest BCUT2D eigenvalue weighted by atomic mass is 10.1. The normalized spacial score (nSPS) is 14.9. The second-order valence-corrected chi connectivity index (χ2v) is 6.75. The van der Waals surface area contributed by atoms with E-state index >= 15 is 0 Å². The number of aryl methyl sites for hydroxylation is 2. The summed E-state index contributed by atoms with van der Waals surface area (Å²) in [5.74, 6) is 2.80. The van der Waals surface area contributed by atoms with Gasteiger partial charge < -0.3 is 24.3 Å². The fourth-order valence-electron chi connectivity index (χ4n) is 3.64. The molecule has 0 saturated carbocycles. The van der Waals surface area contributed by atoms with E-state index in [-0.39, 0.29) is 11.9 Å². The van der Waals surface area contributed by atoms with Crippen molar-refractivity contribution in [2.75, 3.05) is 28.4 Å². The summed E-state index contributed by atoms with van der Waals surface area (Å²) in [7, 11) is 6.46. The molecule has 0 saturated heterocycles. The molecule has 0 radical (unpaired) electrons. The molecule has 28 heavy (non-hydrogen) atoms. The molecule has 0 fully saturated rings. The lowest BCUT2D eigenvalue weighted by molar-refractivity contribution is -0.121.